The van der Waals surface area contributed by atoms with Gasteiger partial charge in [0.05, 0.1) is 18.1 Å². The van der Waals surface area contributed by atoms with Gasteiger partial charge >= 0.3 is 12.2 Å². The molecule has 0 radical (unpaired) electrons. The second kappa shape index (κ2) is 5.59. The lowest BCUT2D eigenvalue weighted by molar-refractivity contribution is -0.122. The third-order valence-electron chi connectivity index (χ3n) is 2.26. The minimum absolute atomic E-state index is 0.369. The van der Waals surface area contributed by atoms with Crippen molar-refractivity contribution in [2.24, 2.45) is 0 Å². The largest absolute Gasteiger partial charge is 0.405 e. The van der Waals surface area contributed by atoms with E-state index in [0.717, 1.165) is 0 Å². The van der Waals surface area contributed by atoms with E-state index in [1.165, 1.54) is 10.9 Å². The van der Waals surface area contributed by atoms with Crippen LogP contribution in [0.1, 0.15) is 0 Å². The number of nitrogens with one attached hydrogen (secondary N) is 2. The summed E-state index contributed by atoms with van der Waals surface area (Å²) in [5, 5.41) is 11.4. The van der Waals surface area contributed by atoms with Gasteiger partial charge in [-0.05, 0) is 24.3 Å². The molecular formula is C11H10F3N5O. The van der Waals surface area contributed by atoms with Crippen LogP contribution in [0.3, 0.4) is 0 Å². The highest BCUT2D eigenvalue weighted by Gasteiger charge is 2.27. The maximum Gasteiger partial charge on any atom is 0.405 e. The smallest absolute Gasteiger partial charge is 0.329 e. The first-order chi connectivity index (χ1) is 9.44. The molecule has 20 heavy (non-hydrogen) atoms. The van der Waals surface area contributed by atoms with Crippen LogP contribution in [0.15, 0.2) is 36.7 Å². The number of urea groups is 1. The molecule has 0 aliphatic heterocycles. The van der Waals surface area contributed by atoms with E-state index in [0.29, 0.717) is 11.4 Å². The molecule has 1 aromatic heterocycles. The van der Waals surface area contributed by atoms with E-state index in [-0.39, 0.29) is 0 Å². The summed E-state index contributed by atoms with van der Waals surface area (Å²) in [5.41, 5.74) is 1.08. The second-order valence-electron chi connectivity index (χ2n) is 3.82. The molecule has 0 fully saturated rings. The Bertz CT molecular complexity index is 565. The van der Waals surface area contributed by atoms with Crippen LogP contribution in [0.25, 0.3) is 5.69 Å². The molecule has 2 aromatic rings. The van der Waals surface area contributed by atoms with Crippen molar-refractivity contribution in [1.82, 2.24) is 20.3 Å². The Morgan fingerprint density at radius 2 is 1.95 bits per heavy atom. The minimum atomic E-state index is -4.44. The number of aromatic nitrogens is 3. The molecule has 9 heteroatoms. The van der Waals surface area contributed by atoms with Crippen molar-refractivity contribution in [2.75, 3.05) is 11.9 Å². The molecule has 6 nitrogen and oxygen atoms in total. The molecule has 2 amide bonds. The second-order valence-corrected chi connectivity index (χ2v) is 3.82. The predicted octanol–water partition coefficient (Wildman–Crippen LogP) is 1.95. The molecule has 0 atom stereocenters. The van der Waals surface area contributed by atoms with Crippen LogP contribution in [0.2, 0.25) is 0 Å². The molecule has 106 valence electrons. The average molecular weight is 285 g/mol. The fourth-order valence-corrected chi connectivity index (χ4v) is 1.40. The number of nitrogens with zero attached hydrogens (tertiary/aromatic N) is 3. The molecule has 2 rings (SSSR count). The van der Waals surface area contributed by atoms with E-state index in [9.17, 15) is 18.0 Å². The van der Waals surface area contributed by atoms with Gasteiger partial charge in [0.25, 0.3) is 0 Å². The highest BCUT2D eigenvalue weighted by molar-refractivity contribution is 5.89. The van der Waals surface area contributed by atoms with Crippen LogP contribution in [0.5, 0.6) is 0 Å². The third kappa shape index (κ3) is 3.97. The highest BCUT2D eigenvalue weighted by atomic mass is 19.4. The zero-order valence-electron chi connectivity index (χ0n) is 10.1. The molecule has 2 N–H and O–H groups in total. The number of halogens is 3. The summed E-state index contributed by atoms with van der Waals surface area (Å²) in [7, 11) is 0. The number of hydrogen-bond donors (Lipinski definition) is 2. The van der Waals surface area contributed by atoms with Gasteiger partial charge in [0.2, 0.25) is 0 Å². The van der Waals surface area contributed by atoms with E-state index < -0.39 is 18.8 Å². The Morgan fingerprint density at radius 3 is 2.50 bits per heavy atom. The number of hydrogen-bond acceptors (Lipinski definition) is 3. The van der Waals surface area contributed by atoms with Crippen molar-refractivity contribution >= 4 is 11.7 Å². The molecule has 0 aliphatic rings. The first-order valence-corrected chi connectivity index (χ1v) is 5.52. The molecule has 0 aliphatic carbocycles. The fraction of sp³-hybridized carbons (Fsp3) is 0.182. The number of benzene rings is 1. The minimum Gasteiger partial charge on any atom is -0.329 e. The number of anilines is 1. The zero-order valence-corrected chi connectivity index (χ0v) is 10.1. The quantitative estimate of drug-likeness (QED) is 0.905. The van der Waals surface area contributed by atoms with Crippen molar-refractivity contribution in [3.8, 4) is 5.69 Å². The van der Waals surface area contributed by atoms with E-state index >= 15 is 0 Å². The average Bonchev–Trinajstić information content (AvgIpc) is 2.90. The highest BCUT2D eigenvalue weighted by Crippen LogP contribution is 2.14. The monoisotopic (exact) mass is 285 g/mol. The van der Waals surface area contributed by atoms with Crippen molar-refractivity contribution in [3.05, 3.63) is 36.7 Å². The summed E-state index contributed by atoms with van der Waals surface area (Å²) >= 11 is 0. The molecule has 0 saturated carbocycles. The van der Waals surface area contributed by atoms with E-state index in [1.807, 2.05) is 0 Å². The van der Waals surface area contributed by atoms with Gasteiger partial charge in [-0.1, -0.05) is 5.21 Å². The number of carbonyl (C=O) groups excluding carboxylic acids is 1. The molecule has 0 unspecified atom stereocenters. The number of amides is 2. The molecule has 0 saturated heterocycles. The third-order valence-corrected chi connectivity index (χ3v) is 2.26. The topological polar surface area (TPSA) is 71.8 Å². The first-order valence-electron chi connectivity index (χ1n) is 5.52. The Labute approximate surface area is 111 Å². The lowest BCUT2D eigenvalue weighted by atomic mass is 10.3. The van der Waals surface area contributed by atoms with Crippen LogP contribution in [-0.4, -0.2) is 33.7 Å². The molecule has 1 heterocycles. The van der Waals surface area contributed by atoms with Crippen molar-refractivity contribution in [3.63, 3.8) is 0 Å². The SMILES string of the molecule is O=C(NCC(F)(F)F)Nc1ccc(-n2ccnn2)cc1. The molecule has 1 aromatic carbocycles. The van der Waals surface area contributed by atoms with Crippen molar-refractivity contribution in [1.29, 1.82) is 0 Å². The van der Waals surface area contributed by atoms with E-state index in [2.05, 4.69) is 15.6 Å². The van der Waals surface area contributed by atoms with Gasteiger partial charge in [0, 0.05) is 5.69 Å². The van der Waals surface area contributed by atoms with Gasteiger partial charge in [-0.3, -0.25) is 0 Å². The lowest BCUT2D eigenvalue weighted by Gasteiger charge is -2.10. The number of carbonyl (C=O) groups is 1. The Hall–Kier alpha value is -2.58. The summed E-state index contributed by atoms with van der Waals surface area (Å²) in [6, 6.07) is 5.46. The summed E-state index contributed by atoms with van der Waals surface area (Å²) < 4.78 is 37.2. The van der Waals surface area contributed by atoms with Gasteiger partial charge in [-0.25, -0.2) is 9.48 Å². The molecular weight excluding hydrogens is 275 g/mol. The van der Waals surface area contributed by atoms with Crippen LogP contribution >= 0.6 is 0 Å². The number of alkyl halides is 3. The van der Waals surface area contributed by atoms with Crippen LogP contribution in [0, 0.1) is 0 Å². The molecule has 0 bridgehead atoms. The van der Waals surface area contributed by atoms with E-state index in [1.54, 1.807) is 35.8 Å². The van der Waals surface area contributed by atoms with Gasteiger partial charge in [0.1, 0.15) is 6.54 Å². The van der Waals surface area contributed by atoms with Crippen LogP contribution in [0.4, 0.5) is 23.7 Å². The number of rotatable bonds is 3. The Balaban J connectivity index is 1.92. The van der Waals surface area contributed by atoms with Crippen LogP contribution in [-0.2, 0) is 0 Å². The zero-order chi connectivity index (χ0) is 14.6. The Morgan fingerprint density at radius 1 is 1.25 bits per heavy atom. The van der Waals surface area contributed by atoms with Gasteiger partial charge in [-0.2, -0.15) is 13.2 Å². The normalized spacial score (nSPS) is 11.2. The predicted molar refractivity (Wildman–Crippen MR) is 64.4 cm³/mol. The standard InChI is InChI=1S/C11H10F3N5O/c12-11(13,14)7-15-10(20)17-8-1-3-9(4-2-8)19-6-5-16-18-19/h1-6H,7H2,(H2,15,17,20). The van der Waals surface area contributed by atoms with E-state index in [4.69, 9.17) is 0 Å². The van der Waals surface area contributed by atoms with Gasteiger partial charge < -0.3 is 10.6 Å². The van der Waals surface area contributed by atoms with Crippen LogP contribution < -0.4 is 10.6 Å². The Kier molecular flexibility index (Phi) is 3.87. The van der Waals surface area contributed by atoms with Crippen molar-refractivity contribution in [2.45, 2.75) is 6.18 Å². The summed E-state index contributed by atoms with van der Waals surface area (Å²) in [5.74, 6) is 0. The maximum atomic E-state index is 11.9. The molecule has 0 spiro atoms. The van der Waals surface area contributed by atoms with Crippen molar-refractivity contribution < 1.29 is 18.0 Å². The first kappa shape index (κ1) is 13.8. The van der Waals surface area contributed by atoms with Gasteiger partial charge in [0.15, 0.2) is 0 Å². The summed E-state index contributed by atoms with van der Waals surface area (Å²) in [4.78, 5) is 11.2. The lowest BCUT2D eigenvalue weighted by Crippen LogP contribution is -2.36. The van der Waals surface area contributed by atoms with Gasteiger partial charge in [-0.15, -0.1) is 5.10 Å². The maximum absolute atomic E-state index is 11.9. The summed E-state index contributed by atoms with van der Waals surface area (Å²) in [6.07, 6.45) is -1.29. The summed E-state index contributed by atoms with van der Waals surface area (Å²) in [6.45, 7) is -1.38. The fourth-order valence-electron chi connectivity index (χ4n) is 1.40.